The van der Waals surface area contributed by atoms with Gasteiger partial charge in [0.1, 0.15) is 11.6 Å². The number of nitrogen functional groups attached to an aromatic ring is 1. The third kappa shape index (κ3) is 3.90. The number of H-pyrrole nitrogens is 1. The summed E-state index contributed by atoms with van der Waals surface area (Å²) < 4.78 is 0. The summed E-state index contributed by atoms with van der Waals surface area (Å²) >= 11 is 0. The molecule has 0 atom stereocenters. The summed E-state index contributed by atoms with van der Waals surface area (Å²) in [6, 6.07) is 0. The minimum Gasteiger partial charge on any atom is -0.481 e. The van der Waals surface area contributed by atoms with E-state index in [9.17, 15) is 9.59 Å². The molecule has 0 amide bonds. The van der Waals surface area contributed by atoms with Gasteiger partial charge in [0, 0.05) is 6.42 Å². The van der Waals surface area contributed by atoms with Crippen LogP contribution in [0.25, 0.3) is 0 Å². The molecule has 0 saturated carbocycles. The highest BCUT2D eigenvalue weighted by molar-refractivity contribution is 5.71. The Bertz CT molecular complexity index is 466. The summed E-state index contributed by atoms with van der Waals surface area (Å²) in [5.74, 6) is -0.0793. The largest absolute Gasteiger partial charge is 0.481 e. The van der Waals surface area contributed by atoms with Crippen molar-refractivity contribution in [1.29, 1.82) is 0 Å². The molecular formula is C11H17N3O3. The molecule has 0 aliphatic heterocycles. The zero-order valence-corrected chi connectivity index (χ0v) is 9.99. The number of carbonyl (C=O) groups is 1. The summed E-state index contributed by atoms with van der Waals surface area (Å²) in [6.45, 7) is 4.14. The lowest BCUT2D eigenvalue weighted by atomic mass is 10.1. The molecular weight excluding hydrogens is 222 g/mol. The van der Waals surface area contributed by atoms with Crippen LogP contribution in [0.3, 0.4) is 0 Å². The second-order valence-corrected chi connectivity index (χ2v) is 4.38. The molecule has 1 heterocycles. The Kier molecular flexibility index (Phi) is 4.25. The number of aromatic nitrogens is 2. The number of hydrogen-bond donors (Lipinski definition) is 3. The predicted molar refractivity (Wildman–Crippen MR) is 63.8 cm³/mol. The highest BCUT2D eigenvalue weighted by Crippen LogP contribution is 2.08. The first kappa shape index (κ1) is 13.2. The van der Waals surface area contributed by atoms with Gasteiger partial charge in [0.15, 0.2) is 0 Å². The van der Waals surface area contributed by atoms with E-state index in [1.165, 1.54) is 0 Å². The van der Waals surface area contributed by atoms with E-state index in [2.05, 4.69) is 23.8 Å². The van der Waals surface area contributed by atoms with Gasteiger partial charge in [-0.3, -0.25) is 9.59 Å². The SMILES string of the molecule is CC(C)CCc1nc(N)c(CC(=O)O)c(=O)[nH]1. The number of aryl methyl sites for hydroxylation is 1. The monoisotopic (exact) mass is 239 g/mol. The molecule has 1 aromatic rings. The second kappa shape index (κ2) is 5.47. The molecule has 0 aliphatic carbocycles. The van der Waals surface area contributed by atoms with Crippen LogP contribution in [-0.4, -0.2) is 21.0 Å². The Morgan fingerprint density at radius 1 is 1.53 bits per heavy atom. The highest BCUT2D eigenvalue weighted by Gasteiger charge is 2.12. The van der Waals surface area contributed by atoms with Crippen molar-refractivity contribution in [2.45, 2.75) is 33.1 Å². The van der Waals surface area contributed by atoms with E-state index in [4.69, 9.17) is 10.8 Å². The van der Waals surface area contributed by atoms with Crippen LogP contribution in [0, 0.1) is 5.92 Å². The number of carboxylic acid groups (broad SMARTS) is 1. The van der Waals surface area contributed by atoms with Crippen molar-refractivity contribution in [3.63, 3.8) is 0 Å². The predicted octanol–water partition coefficient (Wildman–Crippen LogP) is 0.568. The van der Waals surface area contributed by atoms with Crippen LogP contribution >= 0.6 is 0 Å². The maximum atomic E-state index is 11.6. The third-order valence-corrected chi connectivity index (χ3v) is 2.38. The number of hydrogen-bond acceptors (Lipinski definition) is 4. The summed E-state index contributed by atoms with van der Waals surface area (Å²) in [5, 5.41) is 8.63. The van der Waals surface area contributed by atoms with Crippen LogP contribution in [0.5, 0.6) is 0 Å². The lowest BCUT2D eigenvalue weighted by molar-refractivity contribution is -0.136. The quantitative estimate of drug-likeness (QED) is 0.695. The summed E-state index contributed by atoms with van der Waals surface area (Å²) in [6.07, 6.45) is 1.11. The van der Waals surface area contributed by atoms with Gasteiger partial charge in [-0.25, -0.2) is 4.98 Å². The zero-order valence-electron chi connectivity index (χ0n) is 9.99. The fraction of sp³-hybridized carbons (Fsp3) is 0.545. The van der Waals surface area contributed by atoms with Crippen LogP contribution in [0.4, 0.5) is 5.82 Å². The van der Waals surface area contributed by atoms with Gasteiger partial charge in [-0.05, 0) is 12.3 Å². The number of nitrogens with two attached hydrogens (primary N) is 1. The molecule has 6 heteroatoms. The first-order valence-electron chi connectivity index (χ1n) is 5.49. The molecule has 17 heavy (non-hydrogen) atoms. The summed E-state index contributed by atoms with van der Waals surface area (Å²) in [7, 11) is 0. The van der Waals surface area contributed by atoms with E-state index in [1.807, 2.05) is 0 Å². The van der Waals surface area contributed by atoms with E-state index < -0.39 is 17.9 Å². The number of aromatic amines is 1. The molecule has 0 saturated heterocycles. The molecule has 0 bridgehead atoms. The van der Waals surface area contributed by atoms with Gasteiger partial charge >= 0.3 is 5.97 Å². The Balaban J connectivity index is 2.93. The van der Waals surface area contributed by atoms with Crippen LogP contribution in [-0.2, 0) is 17.6 Å². The Labute approximate surface area is 98.9 Å². The minimum absolute atomic E-state index is 0.00917. The third-order valence-electron chi connectivity index (χ3n) is 2.38. The maximum absolute atomic E-state index is 11.6. The van der Waals surface area contributed by atoms with E-state index in [0.29, 0.717) is 18.2 Å². The van der Waals surface area contributed by atoms with Crippen LogP contribution in [0.1, 0.15) is 31.7 Å². The van der Waals surface area contributed by atoms with Gasteiger partial charge in [0.2, 0.25) is 0 Å². The first-order chi connectivity index (χ1) is 7.90. The topological polar surface area (TPSA) is 109 Å². The van der Waals surface area contributed by atoms with E-state index >= 15 is 0 Å². The normalized spacial score (nSPS) is 10.8. The van der Waals surface area contributed by atoms with Gasteiger partial charge in [-0.2, -0.15) is 0 Å². The van der Waals surface area contributed by atoms with Crippen molar-refractivity contribution in [2.75, 3.05) is 5.73 Å². The summed E-state index contributed by atoms with van der Waals surface area (Å²) in [5.41, 5.74) is 5.14. The number of rotatable bonds is 5. The van der Waals surface area contributed by atoms with Crippen LogP contribution < -0.4 is 11.3 Å². The Morgan fingerprint density at radius 2 is 2.18 bits per heavy atom. The van der Waals surface area contributed by atoms with E-state index in [1.54, 1.807) is 0 Å². The smallest absolute Gasteiger partial charge is 0.308 e. The molecule has 4 N–H and O–H groups in total. The first-order valence-corrected chi connectivity index (χ1v) is 5.49. The fourth-order valence-electron chi connectivity index (χ4n) is 1.43. The number of nitrogens with zero attached hydrogens (tertiary/aromatic N) is 1. The van der Waals surface area contributed by atoms with Crippen LogP contribution in [0.15, 0.2) is 4.79 Å². The lowest BCUT2D eigenvalue weighted by Gasteiger charge is -2.06. The summed E-state index contributed by atoms with van der Waals surface area (Å²) in [4.78, 5) is 28.7. The molecule has 0 radical (unpaired) electrons. The molecule has 0 aliphatic rings. The number of carboxylic acids is 1. The molecule has 0 spiro atoms. The number of anilines is 1. The van der Waals surface area contributed by atoms with E-state index in [0.717, 1.165) is 6.42 Å². The van der Waals surface area contributed by atoms with Crippen molar-refractivity contribution in [1.82, 2.24) is 9.97 Å². The molecule has 1 rings (SSSR count). The van der Waals surface area contributed by atoms with Crippen molar-refractivity contribution >= 4 is 11.8 Å². The van der Waals surface area contributed by atoms with Crippen molar-refractivity contribution in [3.05, 3.63) is 21.7 Å². The Hall–Kier alpha value is -1.85. The fourth-order valence-corrected chi connectivity index (χ4v) is 1.43. The average Bonchev–Trinajstić information content (AvgIpc) is 2.20. The molecule has 0 fully saturated rings. The van der Waals surface area contributed by atoms with Gasteiger partial charge in [0.05, 0.1) is 12.0 Å². The van der Waals surface area contributed by atoms with Crippen molar-refractivity contribution in [2.24, 2.45) is 5.92 Å². The van der Waals surface area contributed by atoms with Gasteiger partial charge in [-0.1, -0.05) is 13.8 Å². The van der Waals surface area contributed by atoms with E-state index in [-0.39, 0.29) is 11.4 Å². The van der Waals surface area contributed by atoms with Crippen molar-refractivity contribution in [3.8, 4) is 0 Å². The molecule has 1 aromatic heterocycles. The van der Waals surface area contributed by atoms with Gasteiger partial charge < -0.3 is 15.8 Å². The van der Waals surface area contributed by atoms with Gasteiger partial charge in [0.25, 0.3) is 5.56 Å². The Morgan fingerprint density at radius 3 is 2.65 bits per heavy atom. The molecule has 0 aromatic carbocycles. The standard InChI is InChI=1S/C11H17N3O3/c1-6(2)3-4-8-13-10(12)7(5-9(15)16)11(17)14-8/h6H,3-5H2,1-2H3,(H,15,16)(H3,12,13,14,17). The van der Waals surface area contributed by atoms with Crippen molar-refractivity contribution < 1.29 is 9.90 Å². The average molecular weight is 239 g/mol. The minimum atomic E-state index is -1.10. The number of nitrogens with one attached hydrogen (secondary N) is 1. The highest BCUT2D eigenvalue weighted by atomic mass is 16.4. The maximum Gasteiger partial charge on any atom is 0.308 e. The number of aliphatic carboxylic acids is 1. The zero-order chi connectivity index (χ0) is 13.0. The second-order valence-electron chi connectivity index (χ2n) is 4.38. The van der Waals surface area contributed by atoms with Gasteiger partial charge in [-0.15, -0.1) is 0 Å². The molecule has 6 nitrogen and oxygen atoms in total. The molecule has 94 valence electrons. The van der Waals surface area contributed by atoms with Crippen LogP contribution in [0.2, 0.25) is 0 Å². The lowest BCUT2D eigenvalue weighted by Crippen LogP contribution is -2.22. The molecule has 0 unspecified atom stereocenters.